The summed E-state index contributed by atoms with van der Waals surface area (Å²) in [6.45, 7) is 21.5. The Morgan fingerprint density at radius 3 is 1.92 bits per heavy atom. The Morgan fingerprint density at radius 1 is 0.833 bits per heavy atom. The Kier molecular flexibility index (Phi) is 6.96. The third kappa shape index (κ3) is 5.83. The SMILES string of the molecule is CCC(C)(C)c1ccc(OCCCC(C)(C)C)c(C(C)(C)CC)c1. The van der Waals surface area contributed by atoms with Crippen molar-refractivity contribution in [1.82, 2.24) is 0 Å². The number of hydrogen-bond donors (Lipinski definition) is 0. The van der Waals surface area contributed by atoms with E-state index in [9.17, 15) is 0 Å². The van der Waals surface area contributed by atoms with Gasteiger partial charge in [-0.05, 0) is 53.6 Å². The molecule has 0 spiro atoms. The van der Waals surface area contributed by atoms with E-state index in [1.807, 2.05) is 0 Å². The minimum Gasteiger partial charge on any atom is -0.493 e. The average molecular weight is 333 g/mol. The Morgan fingerprint density at radius 2 is 1.42 bits per heavy atom. The highest BCUT2D eigenvalue weighted by molar-refractivity contribution is 5.44. The molecule has 138 valence electrons. The van der Waals surface area contributed by atoms with Crippen molar-refractivity contribution in [3.63, 3.8) is 0 Å². The summed E-state index contributed by atoms with van der Waals surface area (Å²) in [6, 6.07) is 6.86. The summed E-state index contributed by atoms with van der Waals surface area (Å²) in [5.74, 6) is 1.08. The molecule has 0 unspecified atom stereocenters. The highest BCUT2D eigenvalue weighted by Crippen LogP contribution is 2.38. The third-order valence-corrected chi connectivity index (χ3v) is 5.59. The summed E-state index contributed by atoms with van der Waals surface area (Å²) < 4.78 is 6.22. The zero-order valence-electron chi connectivity index (χ0n) is 17.7. The lowest BCUT2D eigenvalue weighted by Crippen LogP contribution is -2.21. The molecule has 24 heavy (non-hydrogen) atoms. The van der Waals surface area contributed by atoms with E-state index in [4.69, 9.17) is 4.74 Å². The van der Waals surface area contributed by atoms with Gasteiger partial charge >= 0.3 is 0 Å². The van der Waals surface area contributed by atoms with E-state index in [-0.39, 0.29) is 10.8 Å². The van der Waals surface area contributed by atoms with Gasteiger partial charge in [0.05, 0.1) is 6.61 Å². The number of ether oxygens (including phenoxy) is 1. The Hall–Kier alpha value is -0.980. The van der Waals surface area contributed by atoms with E-state index in [1.54, 1.807) is 0 Å². The first-order valence-electron chi connectivity index (χ1n) is 9.71. The predicted molar refractivity (Wildman–Crippen MR) is 107 cm³/mol. The molecule has 0 saturated carbocycles. The molecular formula is C23H40O. The minimum absolute atomic E-state index is 0.138. The second-order valence-electron chi connectivity index (χ2n) is 9.70. The van der Waals surface area contributed by atoms with Crippen LogP contribution in [0, 0.1) is 5.41 Å². The van der Waals surface area contributed by atoms with Crippen LogP contribution in [-0.2, 0) is 10.8 Å². The van der Waals surface area contributed by atoms with Gasteiger partial charge in [0.2, 0.25) is 0 Å². The fourth-order valence-electron chi connectivity index (χ4n) is 2.78. The van der Waals surface area contributed by atoms with Crippen LogP contribution in [0.15, 0.2) is 18.2 Å². The number of hydrogen-bond acceptors (Lipinski definition) is 1. The predicted octanol–water partition coefficient (Wildman–Crippen LogP) is 7.27. The van der Waals surface area contributed by atoms with Gasteiger partial charge in [0.25, 0.3) is 0 Å². The lowest BCUT2D eigenvalue weighted by Gasteiger charge is -2.30. The molecule has 0 heterocycles. The molecule has 0 saturated heterocycles. The summed E-state index contributed by atoms with van der Waals surface area (Å²) in [7, 11) is 0. The lowest BCUT2D eigenvalue weighted by molar-refractivity contribution is 0.263. The number of benzene rings is 1. The van der Waals surface area contributed by atoms with Crippen LogP contribution < -0.4 is 4.74 Å². The zero-order chi connectivity index (χ0) is 18.6. The third-order valence-electron chi connectivity index (χ3n) is 5.59. The molecule has 0 aliphatic rings. The van der Waals surface area contributed by atoms with E-state index in [0.717, 1.165) is 31.6 Å². The molecule has 1 nitrogen and oxygen atoms in total. The Labute approximate surface area is 151 Å². The van der Waals surface area contributed by atoms with Crippen LogP contribution in [0.2, 0.25) is 0 Å². The van der Waals surface area contributed by atoms with Crippen LogP contribution in [0.3, 0.4) is 0 Å². The Balaban J connectivity index is 3.03. The summed E-state index contributed by atoms with van der Waals surface area (Å²) in [6.07, 6.45) is 4.56. The molecule has 0 bridgehead atoms. The largest absolute Gasteiger partial charge is 0.493 e. The summed E-state index contributed by atoms with van der Waals surface area (Å²) in [4.78, 5) is 0. The van der Waals surface area contributed by atoms with E-state index in [0.29, 0.717) is 5.41 Å². The molecule has 0 atom stereocenters. The maximum absolute atomic E-state index is 6.22. The molecule has 0 amide bonds. The van der Waals surface area contributed by atoms with Crippen LogP contribution in [0.5, 0.6) is 5.75 Å². The number of rotatable bonds is 8. The minimum atomic E-state index is 0.138. The van der Waals surface area contributed by atoms with Crippen molar-refractivity contribution in [3.8, 4) is 5.75 Å². The fraction of sp³-hybridized carbons (Fsp3) is 0.739. The highest BCUT2D eigenvalue weighted by Gasteiger charge is 2.26. The van der Waals surface area contributed by atoms with Gasteiger partial charge in [0, 0.05) is 5.56 Å². The van der Waals surface area contributed by atoms with Crippen LogP contribution in [-0.4, -0.2) is 6.61 Å². The van der Waals surface area contributed by atoms with Gasteiger partial charge in [0.15, 0.2) is 0 Å². The smallest absolute Gasteiger partial charge is 0.123 e. The molecule has 0 aliphatic carbocycles. The second kappa shape index (κ2) is 7.93. The maximum atomic E-state index is 6.22. The van der Waals surface area contributed by atoms with Gasteiger partial charge in [-0.25, -0.2) is 0 Å². The first-order valence-corrected chi connectivity index (χ1v) is 9.71. The standard InChI is InChI=1S/C23H40O/c1-10-22(6,7)18-13-14-20(19(17-18)23(8,9)11-2)24-16-12-15-21(3,4)5/h13-14,17H,10-12,15-16H2,1-9H3. The second-order valence-corrected chi connectivity index (χ2v) is 9.70. The molecule has 1 aromatic carbocycles. The van der Waals surface area contributed by atoms with Crippen molar-refractivity contribution in [1.29, 1.82) is 0 Å². The molecule has 1 heteroatoms. The molecule has 0 aliphatic heterocycles. The summed E-state index contributed by atoms with van der Waals surface area (Å²) in [5.41, 5.74) is 3.51. The van der Waals surface area contributed by atoms with Crippen LogP contribution >= 0.6 is 0 Å². The van der Waals surface area contributed by atoms with E-state index in [2.05, 4.69) is 80.5 Å². The molecular weight excluding hydrogens is 292 g/mol. The van der Waals surface area contributed by atoms with Crippen LogP contribution in [0.1, 0.15) is 99.1 Å². The summed E-state index contributed by atoms with van der Waals surface area (Å²) >= 11 is 0. The van der Waals surface area contributed by atoms with Gasteiger partial charge in [-0.1, -0.05) is 74.4 Å². The van der Waals surface area contributed by atoms with Crippen LogP contribution in [0.25, 0.3) is 0 Å². The molecule has 0 fully saturated rings. The Bertz CT molecular complexity index is 517. The lowest BCUT2D eigenvalue weighted by atomic mass is 9.76. The van der Waals surface area contributed by atoms with Gasteiger partial charge in [0.1, 0.15) is 5.75 Å². The monoisotopic (exact) mass is 332 g/mol. The molecule has 0 radical (unpaired) electrons. The first-order chi connectivity index (χ1) is 10.9. The quantitative estimate of drug-likeness (QED) is 0.455. The van der Waals surface area contributed by atoms with Gasteiger partial charge in [-0.3, -0.25) is 0 Å². The molecule has 1 rings (SSSR count). The first kappa shape index (κ1) is 21.1. The van der Waals surface area contributed by atoms with Crippen molar-refractivity contribution in [3.05, 3.63) is 29.3 Å². The maximum Gasteiger partial charge on any atom is 0.123 e. The molecule has 1 aromatic rings. The topological polar surface area (TPSA) is 9.23 Å². The fourth-order valence-corrected chi connectivity index (χ4v) is 2.78. The average Bonchev–Trinajstić information content (AvgIpc) is 2.50. The molecule has 0 aromatic heterocycles. The van der Waals surface area contributed by atoms with Gasteiger partial charge < -0.3 is 4.74 Å². The van der Waals surface area contributed by atoms with E-state index < -0.39 is 0 Å². The summed E-state index contributed by atoms with van der Waals surface area (Å²) in [5, 5.41) is 0. The normalized spacial score (nSPS) is 13.2. The molecule has 0 N–H and O–H groups in total. The van der Waals surface area contributed by atoms with Gasteiger partial charge in [-0.15, -0.1) is 0 Å². The van der Waals surface area contributed by atoms with Crippen molar-refractivity contribution >= 4 is 0 Å². The highest BCUT2D eigenvalue weighted by atomic mass is 16.5. The van der Waals surface area contributed by atoms with E-state index >= 15 is 0 Å². The van der Waals surface area contributed by atoms with E-state index in [1.165, 1.54) is 17.5 Å². The van der Waals surface area contributed by atoms with Crippen molar-refractivity contribution in [2.75, 3.05) is 6.61 Å². The zero-order valence-corrected chi connectivity index (χ0v) is 17.7. The van der Waals surface area contributed by atoms with Gasteiger partial charge in [-0.2, -0.15) is 0 Å². The van der Waals surface area contributed by atoms with Crippen molar-refractivity contribution < 1.29 is 4.74 Å². The van der Waals surface area contributed by atoms with Crippen LogP contribution in [0.4, 0.5) is 0 Å². The van der Waals surface area contributed by atoms with Crippen molar-refractivity contribution in [2.45, 2.75) is 98.8 Å². The van der Waals surface area contributed by atoms with Crippen molar-refractivity contribution in [2.24, 2.45) is 5.41 Å².